The smallest absolute Gasteiger partial charge is 1.00 e. The minimum absolute atomic E-state index is 0. The molecule has 2 aromatic carbocycles. The van der Waals surface area contributed by atoms with Crippen molar-refractivity contribution < 1.29 is 54.7 Å². The molecule has 4 nitrogen and oxygen atoms in total. The summed E-state index contributed by atoms with van der Waals surface area (Å²) in [6, 6.07) is 17.9. The van der Waals surface area contributed by atoms with Crippen molar-refractivity contribution >= 4 is 11.8 Å². The Bertz CT molecular complexity index is 965. The molecule has 212 valence electrons. The number of ether oxygens (including phenoxy) is 2. The molecule has 0 spiro atoms. The average molecular weight is 652 g/mol. The molecule has 38 heavy (non-hydrogen) atoms. The summed E-state index contributed by atoms with van der Waals surface area (Å²) in [6.07, 6.45) is 9.34. The fourth-order valence-corrected chi connectivity index (χ4v) is 5.34. The van der Waals surface area contributed by atoms with Gasteiger partial charge in [-0.1, -0.05) is 102 Å². The second-order valence-corrected chi connectivity index (χ2v) is 9.99. The molecular weight excluding hydrogens is 610 g/mol. The van der Waals surface area contributed by atoms with Crippen LogP contribution in [-0.4, -0.2) is 24.0 Å². The Labute approximate surface area is 256 Å². The third kappa shape index (κ3) is 8.82. The molecule has 0 saturated heterocycles. The summed E-state index contributed by atoms with van der Waals surface area (Å²) in [5.41, 5.74) is 5.27. The van der Waals surface area contributed by atoms with Crippen LogP contribution in [-0.2, 0) is 42.7 Å². The fraction of sp³-hybridized carbons (Fsp3) is 0.548. The second-order valence-electron chi connectivity index (χ2n) is 9.99. The molecule has 0 bridgehead atoms. The van der Waals surface area contributed by atoms with Crippen molar-refractivity contribution in [3.63, 3.8) is 0 Å². The molecule has 4 atom stereocenters. The molecule has 0 aromatic heterocycles. The summed E-state index contributed by atoms with van der Waals surface area (Å²) in [7, 11) is 0. The number of rotatable bonds is 12. The maximum atomic E-state index is 6.41. The van der Waals surface area contributed by atoms with E-state index in [0.717, 1.165) is 63.2 Å². The second kappa shape index (κ2) is 17.3. The van der Waals surface area contributed by atoms with Crippen molar-refractivity contribution in [1.82, 2.24) is 0 Å². The zero-order valence-electron chi connectivity index (χ0n) is 23.1. The molecule has 0 saturated carbocycles. The van der Waals surface area contributed by atoms with Crippen LogP contribution in [0.15, 0.2) is 58.5 Å². The molecule has 0 amide bonds. The zero-order valence-corrected chi connectivity index (χ0v) is 26.1. The minimum atomic E-state index is 0. The molecular formula is C31H42Cl2N2O2Pd. The van der Waals surface area contributed by atoms with Gasteiger partial charge in [0, 0.05) is 0 Å². The van der Waals surface area contributed by atoms with Gasteiger partial charge in [0.15, 0.2) is 11.8 Å². The van der Waals surface area contributed by atoms with E-state index < -0.39 is 0 Å². The van der Waals surface area contributed by atoms with Crippen molar-refractivity contribution in [2.75, 3.05) is 0 Å². The molecule has 0 N–H and O–H groups in total. The van der Waals surface area contributed by atoms with E-state index in [4.69, 9.17) is 19.5 Å². The van der Waals surface area contributed by atoms with Crippen LogP contribution in [0.4, 0.5) is 0 Å². The summed E-state index contributed by atoms with van der Waals surface area (Å²) in [4.78, 5) is 10.1. The van der Waals surface area contributed by atoms with Gasteiger partial charge >= 0.3 is 20.4 Å². The van der Waals surface area contributed by atoms with Gasteiger partial charge in [-0.25, -0.2) is 9.98 Å². The number of aliphatic imine (C=N–C) groups is 2. The van der Waals surface area contributed by atoms with Gasteiger partial charge in [-0.15, -0.1) is 0 Å². The molecule has 7 heteroatoms. The van der Waals surface area contributed by atoms with Gasteiger partial charge in [0.1, 0.15) is 24.3 Å². The quantitative estimate of drug-likeness (QED) is 0.330. The third-order valence-corrected chi connectivity index (χ3v) is 6.96. The number of halogens is 2. The largest absolute Gasteiger partial charge is 2.00 e. The number of hydrogen-bond acceptors (Lipinski definition) is 4. The van der Waals surface area contributed by atoms with E-state index in [-0.39, 0.29) is 69.5 Å². The van der Waals surface area contributed by atoms with E-state index in [9.17, 15) is 0 Å². The van der Waals surface area contributed by atoms with Gasteiger partial charge in [0.25, 0.3) is 0 Å². The maximum Gasteiger partial charge on any atom is 2.00 e. The van der Waals surface area contributed by atoms with Gasteiger partial charge in [-0.05, 0) is 47.9 Å². The van der Waals surface area contributed by atoms with Crippen LogP contribution in [0.3, 0.4) is 0 Å². The first-order valence-corrected chi connectivity index (χ1v) is 13.8. The van der Waals surface area contributed by atoms with Crippen LogP contribution in [0.2, 0.25) is 0 Å². The number of hydrogen-bond donors (Lipinski definition) is 0. The van der Waals surface area contributed by atoms with Gasteiger partial charge in [-0.3, -0.25) is 0 Å². The van der Waals surface area contributed by atoms with Crippen molar-refractivity contribution in [1.29, 1.82) is 0 Å². The van der Waals surface area contributed by atoms with Crippen LogP contribution in [0, 0.1) is 0 Å². The summed E-state index contributed by atoms with van der Waals surface area (Å²) in [6.45, 7) is 8.87. The molecule has 2 aromatic rings. The normalized spacial score (nSPS) is 21.7. The first-order valence-electron chi connectivity index (χ1n) is 13.8. The molecule has 4 rings (SSSR count). The van der Waals surface area contributed by atoms with Crippen molar-refractivity contribution in [2.24, 2.45) is 9.98 Å². The molecule has 2 unspecified atom stereocenters. The summed E-state index contributed by atoms with van der Waals surface area (Å²) >= 11 is 0. The zero-order chi connectivity index (χ0) is 24.6. The molecule has 2 aliphatic rings. The Morgan fingerprint density at radius 3 is 1.42 bits per heavy atom. The minimum Gasteiger partial charge on any atom is -1.00 e. The Kier molecular flexibility index (Phi) is 15.8. The van der Waals surface area contributed by atoms with E-state index in [1.807, 2.05) is 0 Å². The maximum absolute atomic E-state index is 6.41. The van der Waals surface area contributed by atoms with Gasteiger partial charge in [0.2, 0.25) is 0 Å². The summed E-state index contributed by atoms with van der Waals surface area (Å²) < 4.78 is 12.8. The standard InChI is InChI=1S/C31H42N2O2.2ClH.Pd/c1-5-11-22-15-9-17-24(19-22)30-26(13-7-3)34-28(32-30)21-29-33-31(27(35-29)14-8-4)25-18-10-16-23(20-25)12-6-2;;;/h9-10,15-20,26-27,30-31H,5-8,11-14,21H2,1-4H3;2*1H;/q;;;+2/p-2/t26?,27?,30-,31-;;;/m1.../s1. The topological polar surface area (TPSA) is 43.2 Å². The van der Waals surface area contributed by atoms with Crippen LogP contribution in [0.5, 0.6) is 0 Å². The third-order valence-electron chi connectivity index (χ3n) is 6.96. The van der Waals surface area contributed by atoms with Crippen molar-refractivity contribution in [3.05, 3.63) is 70.8 Å². The molecule has 0 radical (unpaired) electrons. The average Bonchev–Trinajstić information content (AvgIpc) is 3.44. The Morgan fingerprint density at radius 2 is 1.05 bits per heavy atom. The molecule has 2 aliphatic heterocycles. The number of nitrogens with zero attached hydrogens (tertiary/aromatic N) is 2. The number of benzene rings is 2. The van der Waals surface area contributed by atoms with Crippen LogP contribution < -0.4 is 24.8 Å². The van der Waals surface area contributed by atoms with Gasteiger partial charge < -0.3 is 34.3 Å². The predicted octanol–water partition coefficient (Wildman–Crippen LogP) is 1.96. The molecule has 2 heterocycles. The van der Waals surface area contributed by atoms with Crippen LogP contribution in [0.25, 0.3) is 0 Å². The summed E-state index contributed by atoms with van der Waals surface area (Å²) in [5, 5.41) is 0. The van der Waals surface area contributed by atoms with E-state index >= 15 is 0 Å². The Balaban J connectivity index is 0.00000241. The van der Waals surface area contributed by atoms with E-state index in [0.29, 0.717) is 6.42 Å². The van der Waals surface area contributed by atoms with E-state index in [1.165, 1.54) is 22.3 Å². The molecule has 0 fully saturated rings. The van der Waals surface area contributed by atoms with Crippen molar-refractivity contribution in [2.45, 2.75) is 110 Å². The van der Waals surface area contributed by atoms with Gasteiger partial charge in [-0.2, -0.15) is 0 Å². The van der Waals surface area contributed by atoms with E-state index in [2.05, 4.69) is 76.2 Å². The molecule has 0 aliphatic carbocycles. The first-order chi connectivity index (χ1) is 17.1. The Hall–Kier alpha value is -1.38. The predicted molar refractivity (Wildman–Crippen MR) is 145 cm³/mol. The summed E-state index contributed by atoms with van der Waals surface area (Å²) in [5.74, 6) is 1.53. The monoisotopic (exact) mass is 650 g/mol. The van der Waals surface area contributed by atoms with Crippen molar-refractivity contribution in [3.8, 4) is 0 Å². The SMILES string of the molecule is CCCc1cccc([C@H]2N=C(CC3=N[C@H](c4cccc(CCC)c4)C(CCC)O3)OC2CCC)c1.[Cl-].[Cl-].[Pd+2]. The van der Waals surface area contributed by atoms with Crippen LogP contribution in [0.1, 0.15) is 107 Å². The van der Waals surface area contributed by atoms with Gasteiger partial charge in [0.05, 0.1) is 6.42 Å². The van der Waals surface area contributed by atoms with Crippen LogP contribution >= 0.6 is 0 Å². The Morgan fingerprint density at radius 1 is 0.632 bits per heavy atom. The van der Waals surface area contributed by atoms with E-state index in [1.54, 1.807) is 0 Å². The fourth-order valence-electron chi connectivity index (χ4n) is 5.34. The number of aryl methyl sites for hydroxylation is 2. The first kappa shape index (κ1) is 34.6.